The molecule has 9 heteroatoms. The highest BCUT2D eigenvalue weighted by atomic mass is 35.5. The third kappa shape index (κ3) is 4.45. The van der Waals surface area contributed by atoms with Crippen LogP contribution in [-0.4, -0.2) is 22.0 Å². The molecule has 6 nitrogen and oxygen atoms in total. The number of aryl methyl sites for hydroxylation is 1. The number of benzene rings is 1. The van der Waals surface area contributed by atoms with E-state index in [4.69, 9.17) is 16.0 Å². The minimum atomic E-state index is -0.497. The number of nitrogens with one attached hydrogen (secondary N) is 1. The van der Waals surface area contributed by atoms with Crippen molar-refractivity contribution >= 4 is 40.9 Å². The van der Waals surface area contributed by atoms with Crippen LogP contribution < -0.4 is 10.2 Å². The van der Waals surface area contributed by atoms with E-state index in [1.54, 1.807) is 25.1 Å². The lowest BCUT2D eigenvalue weighted by atomic mass is 10.1. The first kappa shape index (κ1) is 21.4. The summed E-state index contributed by atoms with van der Waals surface area (Å²) in [5.41, 5.74) is 0.953. The lowest BCUT2D eigenvalue weighted by Crippen LogP contribution is -2.40. The minimum absolute atomic E-state index is 0.0549. The van der Waals surface area contributed by atoms with E-state index in [1.807, 2.05) is 13.0 Å². The van der Waals surface area contributed by atoms with Crippen molar-refractivity contribution in [2.45, 2.75) is 37.2 Å². The number of anilines is 1. The molecule has 160 valence electrons. The number of aromatic nitrogens is 1. The summed E-state index contributed by atoms with van der Waals surface area (Å²) < 4.78 is 19.8. The number of nitrogens with zero attached hydrogens (tertiary/aromatic N) is 2. The summed E-state index contributed by atoms with van der Waals surface area (Å²) in [6.45, 7) is 3.76. The molecule has 0 spiro atoms. The number of hydrogen-bond acceptors (Lipinski definition) is 5. The van der Waals surface area contributed by atoms with Gasteiger partial charge in [0.1, 0.15) is 22.4 Å². The first-order valence-corrected chi connectivity index (χ1v) is 10.8. The molecule has 1 aromatic carbocycles. The van der Waals surface area contributed by atoms with Crippen LogP contribution in [0.5, 0.6) is 0 Å². The third-order valence-electron chi connectivity index (χ3n) is 4.88. The standard InChI is InChI=1S/C22H19ClFN3O3S/c1-12-6-7-15(30-12)10-25-20(28)14-8-19-21(26-9-14)31-13(2)22(29)27(19)11-16-17(23)4-3-5-18(16)24/h3-9,13H,10-11H2,1-2H3,(H,25,28). The van der Waals surface area contributed by atoms with Gasteiger partial charge >= 0.3 is 0 Å². The van der Waals surface area contributed by atoms with E-state index in [1.165, 1.54) is 35.0 Å². The molecule has 4 rings (SSSR count). The molecular weight excluding hydrogens is 441 g/mol. The van der Waals surface area contributed by atoms with Gasteiger partial charge in [-0.15, -0.1) is 0 Å². The summed E-state index contributed by atoms with van der Waals surface area (Å²) in [6.07, 6.45) is 1.46. The fourth-order valence-electron chi connectivity index (χ4n) is 3.26. The Kier molecular flexibility index (Phi) is 6.02. The van der Waals surface area contributed by atoms with Gasteiger partial charge in [-0.1, -0.05) is 29.4 Å². The average molecular weight is 460 g/mol. The Morgan fingerprint density at radius 1 is 1.35 bits per heavy atom. The van der Waals surface area contributed by atoms with Crippen molar-refractivity contribution in [1.82, 2.24) is 10.3 Å². The first-order valence-electron chi connectivity index (χ1n) is 9.58. The molecule has 1 N–H and O–H groups in total. The molecule has 1 aliphatic heterocycles. The molecule has 2 aromatic heterocycles. The molecule has 2 amide bonds. The second-order valence-corrected chi connectivity index (χ2v) is 8.86. The van der Waals surface area contributed by atoms with Crippen LogP contribution in [0.15, 0.2) is 52.0 Å². The van der Waals surface area contributed by atoms with Crippen molar-refractivity contribution < 1.29 is 18.4 Å². The number of carbonyl (C=O) groups excluding carboxylic acids is 2. The maximum Gasteiger partial charge on any atom is 0.253 e. The van der Waals surface area contributed by atoms with Crippen molar-refractivity contribution in [3.8, 4) is 0 Å². The van der Waals surface area contributed by atoms with Crippen LogP contribution in [0.2, 0.25) is 5.02 Å². The van der Waals surface area contributed by atoms with Crippen molar-refractivity contribution in [2.24, 2.45) is 0 Å². The first-order chi connectivity index (χ1) is 14.8. The van der Waals surface area contributed by atoms with Gasteiger partial charge < -0.3 is 14.6 Å². The third-order valence-corrected chi connectivity index (χ3v) is 6.33. The topological polar surface area (TPSA) is 75.4 Å². The fraction of sp³-hybridized carbons (Fsp3) is 0.227. The molecule has 3 aromatic rings. The van der Waals surface area contributed by atoms with Crippen LogP contribution in [0, 0.1) is 12.7 Å². The second-order valence-electron chi connectivity index (χ2n) is 7.13. The summed E-state index contributed by atoms with van der Waals surface area (Å²) in [5, 5.41) is 3.21. The molecule has 1 atom stereocenters. The molecule has 0 saturated heterocycles. The van der Waals surface area contributed by atoms with Crippen LogP contribution >= 0.6 is 23.4 Å². The Morgan fingerprint density at radius 2 is 2.16 bits per heavy atom. The molecule has 3 heterocycles. The van der Waals surface area contributed by atoms with E-state index < -0.39 is 11.1 Å². The zero-order chi connectivity index (χ0) is 22.1. The van der Waals surface area contributed by atoms with Crippen LogP contribution in [-0.2, 0) is 17.9 Å². The van der Waals surface area contributed by atoms with Crippen molar-refractivity contribution in [1.29, 1.82) is 0 Å². The zero-order valence-electron chi connectivity index (χ0n) is 16.8. The van der Waals surface area contributed by atoms with Crippen LogP contribution in [0.25, 0.3) is 0 Å². The molecule has 1 aliphatic rings. The number of halogens is 2. The van der Waals surface area contributed by atoms with E-state index in [-0.39, 0.29) is 41.1 Å². The highest BCUT2D eigenvalue weighted by Gasteiger charge is 2.33. The Hall–Kier alpha value is -2.84. The summed E-state index contributed by atoms with van der Waals surface area (Å²) >= 11 is 7.47. The van der Waals surface area contributed by atoms with Gasteiger partial charge in [-0.25, -0.2) is 9.37 Å². The van der Waals surface area contributed by atoms with E-state index in [0.29, 0.717) is 16.5 Å². The maximum absolute atomic E-state index is 14.4. The van der Waals surface area contributed by atoms with Gasteiger partial charge in [-0.3, -0.25) is 9.59 Å². The van der Waals surface area contributed by atoms with Gasteiger partial charge in [0.25, 0.3) is 5.91 Å². The van der Waals surface area contributed by atoms with Gasteiger partial charge in [0, 0.05) is 16.8 Å². The van der Waals surface area contributed by atoms with Crippen LogP contribution in [0.1, 0.15) is 34.4 Å². The quantitative estimate of drug-likeness (QED) is 0.596. The molecule has 0 radical (unpaired) electrons. The average Bonchev–Trinajstić information content (AvgIpc) is 3.16. The van der Waals surface area contributed by atoms with E-state index in [0.717, 1.165) is 5.76 Å². The van der Waals surface area contributed by atoms with E-state index >= 15 is 0 Å². The Bertz CT molecular complexity index is 1150. The predicted molar refractivity (Wildman–Crippen MR) is 117 cm³/mol. The maximum atomic E-state index is 14.4. The molecule has 31 heavy (non-hydrogen) atoms. The lowest BCUT2D eigenvalue weighted by molar-refractivity contribution is -0.118. The Morgan fingerprint density at radius 3 is 2.87 bits per heavy atom. The van der Waals surface area contributed by atoms with Crippen molar-refractivity contribution in [2.75, 3.05) is 4.90 Å². The normalized spacial score (nSPS) is 15.7. The zero-order valence-corrected chi connectivity index (χ0v) is 18.4. The molecular formula is C22H19ClFN3O3S. The number of hydrogen-bond donors (Lipinski definition) is 1. The lowest BCUT2D eigenvalue weighted by Gasteiger charge is -2.32. The van der Waals surface area contributed by atoms with Gasteiger partial charge in [0.2, 0.25) is 5.91 Å². The van der Waals surface area contributed by atoms with Crippen LogP contribution in [0.3, 0.4) is 0 Å². The molecule has 0 saturated carbocycles. The molecule has 0 fully saturated rings. The minimum Gasteiger partial charge on any atom is -0.465 e. The molecule has 0 aliphatic carbocycles. The second kappa shape index (κ2) is 8.72. The van der Waals surface area contributed by atoms with E-state index in [9.17, 15) is 14.0 Å². The van der Waals surface area contributed by atoms with Crippen molar-refractivity contribution in [3.63, 3.8) is 0 Å². The smallest absolute Gasteiger partial charge is 0.253 e. The van der Waals surface area contributed by atoms with Crippen LogP contribution in [0.4, 0.5) is 10.1 Å². The summed E-state index contributed by atoms with van der Waals surface area (Å²) in [6, 6.07) is 9.58. The Balaban J connectivity index is 1.62. The van der Waals surface area contributed by atoms with Gasteiger partial charge in [0.15, 0.2) is 0 Å². The monoisotopic (exact) mass is 459 g/mol. The van der Waals surface area contributed by atoms with Gasteiger partial charge in [-0.2, -0.15) is 0 Å². The highest BCUT2D eigenvalue weighted by molar-refractivity contribution is 8.00. The number of pyridine rings is 1. The fourth-order valence-corrected chi connectivity index (χ4v) is 4.45. The number of furan rings is 1. The number of amides is 2. The summed E-state index contributed by atoms with van der Waals surface area (Å²) in [7, 11) is 0. The van der Waals surface area contributed by atoms with Gasteiger partial charge in [0.05, 0.1) is 29.6 Å². The molecule has 0 bridgehead atoms. The molecule has 1 unspecified atom stereocenters. The highest BCUT2D eigenvalue weighted by Crippen LogP contribution is 2.39. The number of carbonyl (C=O) groups is 2. The van der Waals surface area contributed by atoms with Gasteiger partial charge in [-0.05, 0) is 44.2 Å². The summed E-state index contributed by atoms with van der Waals surface area (Å²) in [5.74, 6) is 0.328. The Labute approximate surface area is 187 Å². The predicted octanol–water partition coefficient (Wildman–Crippen LogP) is 4.73. The number of fused-ring (bicyclic) bond motifs is 1. The number of thioether (sulfide) groups is 1. The van der Waals surface area contributed by atoms with E-state index in [2.05, 4.69) is 10.3 Å². The number of rotatable bonds is 5. The SMILES string of the molecule is Cc1ccc(CNC(=O)c2cnc3c(c2)N(Cc2c(F)cccc2Cl)C(=O)C(C)S3)o1. The van der Waals surface area contributed by atoms with Crippen molar-refractivity contribution in [3.05, 3.63) is 76.1 Å². The largest absolute Gasteiger partial charge is 0.465 e. The summed E-state index contributed by atoms with van der Waals surface area (Å²) in [4.78, 5) is 31.4.